The number of carbonyl (C=O) groups excluding carboxylic acids is 3. The van der Waals surface area contributed by atoms with E-state index < -0.39 is 29.6 Å². The van der Waals surface area contributed by atoms with Crippen LogP contribution in [0.1, 0.15) is 50.4 Å². The van der Waals surface area contributed by atoms with Crippen molar-refractivity contribution >= 4 is 47.1 Å². The third-order valence-corrected chi connectivity index (χ3v) is 8.54. The Morgan fingerprint density at radius 3 is 2.42 bits per heavy atom. The Bertz CT molecular complexity index is 2120. The summed E-state index contributed by atoms with van der Waals surface area (Å²) in [7, 11) is 0. The number of fused-ring (bicyclic) bond motifs is 1. The fourth-order valence-corrected chi connectivity index (χ4v) is 6.03. The van der Waals surface area contributed by atoms with E-state index in [2.05, 4.69) is 26.2 Å². The summed E-state index contributed by atoms with van der Waals surface area (Å²) < 4.78 is 16.5. The second-order valence-electron chi connectivity index (χ2n) is 11.2. The van der Waals surface area contributed by atoms with Gasteiger partial charge in [-0.2, -0.15) is 4.68 Å². The van der Waals surface area contributed by atoms with Gasteiger partial charge in [0, 0.05) is 36.0 Å². The van der Waals surface area contributed by atoms with E-state index in [1.807, 2.05) is 25.1 Å². The van der Waals surface area contributed by atoms with Crippen LogP contribution in [0, 0.1) is 5.82 Å². The number of hydrogen-bond acceptors (Lipinski definition) is 7. The van der Waals surface area contributed by atoms with Crippen molar-refractivity contribution in [3.05, 3.63) is 130 Å². The molecule has 4 aromatic carbocycles. The molecule has 2 heterocycles. The lowest BCUT2D eigenvalue weighted by atomic mass is 9.85. The smallest absolute Gasteiger partial charge is 0.335 e. The number of nitrogens with one attached hydrogen (secondary N) is 2. The molecule has 0 saturated carbocycles. The second kappa shape index (κ2) is 14.5. The van der Waals surface area contributed by atoms with Crippen LogP contribution < -0.4 is 10.6 Å². The minimum absolute atomic E-state index is 0.0339. The van der Waals surface area contributed by atoms with Crippen molar-refractivity contribution in [2.45, 2.75) is 19.4 Å². The van der Waals surface area contributed by atoms with E-state index in [1.165, 1.54) is 64.5 Å². The first-order valence-corrected chi connectivity index (χ1v) is 15.9. The van der Waals surface area contributed by atoms with Crippen LogP contribution in [0.2, 0.25) is 5.02 Å². The standard InChI is InChI=1S/C36H29ClFN7O5/c1-2-39-34(47)22-8-6-21(7-9-22)25-4-3-5-27-26(25)18-19-44(33(27)35(48)41-24-12-10-23(11-13-24)36(49)50)31(46)17-14-28-30(45-20-40-42-43-45)16-15-29(37)32(28)38/h3-17,20,33H,2,18-19H2,1H3,(H,39,47)(H,41,48)(H,49,50)/b17-14+. The number of carboxylic acid groups (broad SMARTS) is 1. The van der Waals surface area contributed by atoms with E-state index in [0.717, 1.165) is 16.7 Å². The molecule has 6 rings (SSSR count). The lowest BCUT2D eigenvalue weighted by molar-refractivity contribution is -0.135. The second-order valence-corrected chi connectivity index (χ2v) is 11.7. The summed E-state index contributed by atoms with van der Waals surface area (Å²) in [6.45, 7) is 2.48. The van der Waals surface area contributed by atoms with Gasteiger partial charge in [-0.05, 0) is 101 Å². The summed E-state index contributed by atoms with van der Waals surface area (Å²) in [4.78, 5) is 53.1. The van der Waals surface area contributed by atoms with Gasteiger partial charge >= 0.3 is 5.97 Å². The number of hydrogen-bond donors (Lipinski definition) is 3. The molecule has 0 fully saturated rings. The van der Waals surface area contributed by atoms with Crippen molar-refractivity contribution < 1.29 is 28.7 Å². The van der Waals surface area contributed by atoms with Gasteiger partial charge in [0.05, 0.1) is 16.3 Å². The van der Waals surface area contributed by atoms with Crippen molar-refractivity contribution in [3.63, 3.8) is 0 Å². The lowest BCUT2D eigenvalue weighted by Crippen LogP contribution is -2.45. The summed E-state index contributed by atoms with van der Waals surface area (Å²) in [6, 6.07) is 20.0. The van der Waals surface area contributed by atoms with Gasteiger partial charge in [0.1, 0.15) is 12.4 Å². The predicted molar refractivity (Wildman–Crippen MR) is 183 cm³/mol. The zero-order valence-corrected chi connectivity index (χ0v) is 27.3. The van der Waals surface area contributed by atoms with Crippen molar-refractivity contribution in [2.75, 3.05) is 18.4 Å². The number of halogens is 2. The first-order valence-electron chi connectivity index (χ1n) is 15.5. The first-order chi connectivity index (χ1) is 24.2. The van der Waals surface area contributed by atoms with Gasteiger partial charge in [0.2, 0.25) is 5.91 Å². The number of amides is 3. The Morgan fingerprint density at radius 1 is 1.00 bits per heavy atom. The molecule has 12 nitrogen and oxygen atoms in total. The third-order valence-electron chi connectivity index (χ3n) is 8.25. The molecule has 1 unspecified atom stereocenters. The van der Waals surface area contributed by atoms with Gasteiger partial charge in [-0.15, -0.1) is 5.10 Å². The van der Waals surface area contributed by atoms with E-state index in [0.29, 0.717) is 29.8 Å². The predicted octanol–water partition coefficient (Wildman–Crippen LogP) is 5.35. The highest BCUT2D eigenvalue weighted by Gasteiger charge is 2.36. The minimum Gasteiger partial charge on any atom is -0.478 e. The fraction of sp³-hybridized carbons (Fsp3) is 0.139. The molecule has 1 aromatic heterocycles. The molecule has 1 aliphatic rings. The highest BCUT2D eigenvalue weighted by molar-refractivity contribution is 6.31. The fourth-order valence-electron chi connectivity index (χ4n) is 5.87. The largest absolute Gasteiger partial charge is 0.478 e. The zero-order chi connectivity index (χ0) is 35.4. The Kier molecular flexibility index (Phi) is 9.77. The Balaban J connectivity index is 1.37. The van der Waals surface area contributed by atoms with Crippen LogP contribution in [0.4, 0.5) is 10.1 Å². The molecule has 3 amide bonds. The number of benzene rings is 4. The average molecular weight is 694 g/mol. The number of aromatic carboxylic acids is 1. The molecule has 0 saturated heterocycles. The lowest BCUT2D eigenvalue weighted by Gasteiger charge is -2.37. The van der Waals surface area contributed by atoms with Crippen molar-refractivity contribution in [3.8, 4) is 16.8 Å². The first kappa shape index (κ1) is 33.7. The molecule has 1 atom stereocenters. The summed E-state index contributed by atoms with van der Waals surface area (Å²) >= 11 is 6.07. The van der Waals surface area contributed by atoms with E-state index in [4.69, 9.17) is 11.6 Å². The Hall–Kier alpha value is -6.21. The molecule has 14 heteroatoms. The molecule has 0 bridgehead atoms. The van der Waals surface area contributed by atoms with Gasteiger partial charge in [0.25, 0.3) is 11.8 Å². The van der Waals surface area contributed by atoms with E-state index in [-0.39, 0.29) is 34.3 Å². The number of aromatic nitrogens is 4. The summed E-state index contributed by atoms with van der Waals surface area (Å²) in [5.74, 6) is -3.20. The summed E-state index contributed by atoms with van der Waals surface area (Å²) in [5, 5.41) is 25.7. The molecule has 50 heavy (non-hydrogen) atoms. The minimum atomic E-state index is -1.12. The van der Waals surface area contributed by atoms with E-state index in [1.54, 1.807) is 24.3 Å². The monoisotopic (exact) mass is 693 g/mol. The molecule has 252 valence electrons. The topological polar surface area (TPSA) is 159 Å². The normalized spacial score (nSPS) is 13.9. The maximum absolute atomic E-state index is 15.3. The van der Waals surface area contributed by atoms with Crippen LogP contribution in [0.15, 0.2) is 91.3 Å². The van der Waals surface area contributed by atoms with Gasteiger partial charge in [-0.3, -0.25) is 14.4 Å². The molecule has 0 radical (unpaired) electrons. The van der Waals surface area contributed by atoms with Crippen molar-refractivity contribution in [1.29, 1.82) is 0 Å². The van der Waals surface area contributed by atoms with Crippen LogP contribution in [-0.2, 0) is 16.0 Å². The number of anilines is 1. The number of rotatable bonds is 9. The third kappa shape index (κ3) is 6.84. The van der Waals surface area contributed by atoms with Gasteiger partial charge in [0.15, 0.2) is 5.82 Å². The average Bonchev–Trinajstić information content (AvgIpc) is 3.66. The maximum atomic E-state index is 15.3. The highest BCUT2D eigenvalue weighted by atomic mass is 35.5. The summed E-state index contributed by atoms with van der Waals surface area (Å²) in [6.07, 6.45) is 4.10. The SMILES string of the molecule is CCNC(=O)c1ccc(-c2cccc3c2CCN(C(=O)/C=C/c2c(-n4cnnn4)ccc(Cl)c2F)C3C(=O)Nc2ccc(C(=O)O)cc2)cc1. The van der Waals surface area contributed by atoms with Crippen LogP contribution in [-0.4, -0.2) is 67.0 Å². The van der Waals surface area contributed by atoms with Crippen molar-refractivity contribution in [1.82, 2.24) is 30.4 Å². The number of carboxylic acids is 1. The molecular weight excluding hydrogens is 665 g/mol. The summed E-state index contributed by atoms with van der Waals surface area (Å²) in [5.41, 5.74) is 4.17. The zero-order valence-electron chi connectivity index (χ0n) is 26.5. The Labute approximate surface area is 290 Å². The van der Waals surface area contributed by atoms with Crippen LogP contribution >= 0.6 is 11.6 Å². The number of tetrazole rings is 1. The van der Waals surface area contributed by atoms with Crippen LogP contribution in [0.3, 0.4) is 0 Å². The molecular formula is C36H29ClFN7O5. The van der Waals surface area contributed by atoms with E-state index >= 15 is 4.39 Å². The number of nitrogens with zero attached hydrogens (tertiary/aromatic N) is 5. The highest BCUT2D eigenvalue weighted by Crippen LogP contribution is 2.37. The molecule has 0 aliphatic carbocycles. The van der Waals surface area contributed by atoms with Gasteiger partial charge in [-0.1, -0.05) is 41.9 Å². The molecule has 3 N–H and O–H groups in total. The molecule has 1 aliphatic heterocycles. The molecule has 5 aromatic rings. The Morgan fingerprint density at radius 2 is 1.74 bits per heavy atom. The van der Waals surface area contributed by atoms with E-state index in [9.17, 15) is 24.3 Å². The maximum Gasteiger partial charge on any atom is 0.335 e. The van der Waals surface area contributed by atoms with Gasteiger partial charge < -0.3 is 20.6 Å². The van der Waals surface area contributed by atoms with Gasteiger partial charge in [-0.25, -0.2) is 9.18 Å². The molecule has 0 spiro atoms. The quantitative estimate of drug-likeness (QED) is 0.174. The number of carbonyl (C=O) groups is 4. The van der Waals surface area contributed by atoms with Crippen LogP contribution in [0.5, 0.6) is 0 Å². The van der Waals surface area contributed by atoms with Crippen molar-refractivity contribution in [2.24, 2.45) is 0 Å². The van der Waals surface area contributed by atoms with Crippen LogP contribution in [0.25, 0.3) is 22.9 Å².